The predicted octanol–water partition coefficient (Wildman–Crippen LogP) is 2.97. The quantitative estimate of drug-likeness (QED) is 0.800. The van der Waals surface area contributed by atoms with Crippen molar-refractivity contribution in [3.63, 3.8) is 0 Å². The number of nitriles is 1. The Morgan fingerprint density at radius 3 is 2.57 bits per heavy atom. The summed E-state index contributed by atoms with van der Waals surface area (Å²) in [6.07, 6.45) is 1.82. The maximum atomic E-state index is 12.5. The molecule has 0 aromatic heterocycles. The molecule has 2 aromatic rings. The van der Waals surface area contributed by atoms with Crippen LogP contribution in [0.25, 0.3) is 0 Å². The summed E-state index contributed by atoms with van der Waals surface area (Å²) in [4.78, 5) is 18.2. The number of aliphatic hydroxyl groups excluding tert-OH is 1. The van der Waals surface area contributed by atoms with E-state index in [1.807, 2.05) is 18.2 Å². The molecule has 2 aromatic carbocycles. The Morgan fingerprint density at radius 2 is 1.93 bits per heavy atom. The molecule has 0 aliphatic carbocycles. The van der Waals surface area contributed by atoms with E-state index in [4.69, 9.17) is 15.2 Å². The molecule has 2 N–H and O–H groups in total. The van der Waals surface area contributed by atoms with E-state index in [9.17, 15) is 9.90 Å². The lowest BCUT2D eigenvalue weighted by Gasteiger charge is -2.42. The monoisotopic (exact) mass is 380 g/mol. The lowest BCUT2D eigenvalue weighted by Crippen LogP contribution is -2.47. The molecule has 3 rings (SSSR count). The molecule has 6 heteroatoms. The van der Waals surface area contributed by atoms with Crippen molar-refractivity contribution in [3.8, 4) is 6.07 Å². The molecule has 0 bridgehead atoms. The molecule has 1 aliphatic rings. The third-order valence-corrected chi connectivity index (χ3v) is 5.15. The number of carbonyl (C=O) groups is 1. The van der Waals surface area contributed by atoms with Gasteiger partial charge in [0.15, 0.2) is 0 Å². The van der Waals surface area contributed by atoms with E-state index in [-0.39, 0.29) is 12.6 Å². The van der Waals surface area contributed by atoms with Crippen LogP contribution in [0.5, 0.6) is 0 Å². The van der Waals surface area contributed by atoms with Gasteiger partial charge in [0.25, 0.3) is 0 Å². The lowest BCUT2D eigenvalue weighted by molar-refractivity contribution is -0.189. The highest BCUT2D eigenvalue weighted by molar-refractivity contribution is 5.89. The van der Waals surface area contributed by atoms with Crippen LogP contribution in [0.4, 0.5) is 0 Å². The summed E-state index contributed by atoms with van der Waals surface area (Å²) in [6, 6.07) is 17.6. The number of hydrogen-bond donors (Lipinski definition) is 2. The van der Waals surface area contributed by atoms with Gasteiger partial charge in [-0.15, -0.1) is 5.06 Å². The first kappa shape index (κ1) is 20.0. The number of hydrogen-bond acceptors (Lipinski definition) is 6. The lowest BCUT2D eigenvalue weighted by atomic mass is 9.81. The highest BCUT2D eigenvalue weighted by Crippen LogP contribution is 2.39. The zero-order chi connectivity index (χ0) is 20.0. The van der Waals surface area contributed by atoms with Crippen LogP contribution in [0.1, 0.15) is 53.2 Å². The van der Waals surface area contributed by atoms with Gasteiger partial charge in [-0.2, -0.15) is 5.26 Å². The molecule has 2 atom stereocenters. The highest BCUT2D eigenvalue weighted by atomic mass is 16.7. The molecule has 1 aliphatic heterocycles. The predicted molar refractivity (Wildman–Crippen MR) is 103 cm³/mol. The maximum absolute atomic E-state index is 12.5. The fraction of sp³-hybridized carbons (Fsp3) is 0.364. The highest BCUT2D eigenvalue weighted by Gasteiger charge is 2.40. The molecule has 2 unspecified atom stereocenters. The molecule has 0 amide bonds. The molecule has 1 fully saturated rings. The Labute approximate surface area is 164 Å². The molecular weight excluding hydrogens is 356 g/mol. The fourth-order valence-corrected chi connectivity index (χ4v) is 3.58. The molecule has 1 saturated heterocycles. The van der Waals surface area contributed by atoms with Crippen molar-refractivity contribution in [2.24, 2.45) is 0 Å². The largest absolute Gasteiger partial charge is 0.396 e. The third-order valence-electron chi connectivity index (χ3n) is 5.15. The molecule has 1 heterocycles. The topological polar surface area (TPSA) is 93.8 Å². The van der Waals surface area contributed by atoms with Crippen molar-refractivity contribution in [1.29, 1.82) is 5.26 Å². The third kappa shape index (κ3) is 4.76. The number of nitrogens with zero attached hydrogens (tertiary/aromatic N) is 2. The smallest absolute Gasteiger partial charge is 0.357 e. The minimum atomic E-state index is -0.934. The van der Waals surface area contributed by atoms with Crippen molar-refractivity contribution in [2.75, 3.05) is 13.2 Å². The zero-order valence-electron chi connectivity index (χ0n) is 15.6. The second-order valence-electron chi connectivity index (χ2n) is 7.14. The Balaban J connectivity index is 1.82. The van der Waals surface area contributed by atoms with Crippen LogP contribution in [0.2, 0.25) is 0 Å². The van der Waals surface area contributed by atoms with Gasteiger partial charge in [-0.25, -0.2) is 4.79 Å². The van der Waals surface area contributed by atoms with Crippen LogP contribution in [0.3, 0.4) is 0 Å². The average Bonchev–Trinajstić information content (AvgIpc) is 2.74. The van der Waals surface area contributed by atoms with Gasteiger partial charge in [0.2, 0.25) is 0 Å². The van der Waals surface area contributed by atoms with Crippen LogP contribution in [0.15, 0.2) is 54.6 Å². The molecule has 0 spiro atoms. The summed E-state index contributed by atoms with van der Waals surface area (Å²) >= 11 is 0. The first-order chi connectivity index (χ1) is 13.5. The van der Waals surface area contributed by atoms with E-state index in [2.05, 4.69) is 6.07 Å². The van der Waals surface area contributed by atoms with E-state index in [1.54, 1.807) is 41.5 Å². The van der Waals surface area contributed by atoms with Crippen molar-refractivity contribution >= 4 is 5.97 Å². The van der Waals surface area contributed by atoms with E-state index >= 15 is 0 Å². The first-order valence-electron chi connectivity index (χ1n) is 9.42. The number of benzene rings is 2. The van der Waals surface area contributed by atoms with Gasteiger partial charge in [0.1, 0.15) is 0 Å². The summed E-state index contributed by atoms with van der Waals surface area (Å²) in [5.41, 5.74) is 0.934. The first-order valence-corrected chi connectivity index (χ1v) is 9.42. The Morgan fingerprint density at radius 1 is 1.21 bits per heavy atom. The van der Waals surface area contributed by atoms with Crippen LogP contribution in [-0.2, 0) is 4.84 Å². The molecule has 28 heavy (non-hydrogen) atoms. The molecule has 0 saturated carbocycles. The minimum absolute atomic E-state index is 0.0244. The maximum Gasteiger partial charge on any atom is 0.357 e. The van der Waals surface area contributed by atoms with Gasteiger partial charge in [-0.1, -0.05) is 30.3 Å². The Hall–Kier alpha value is -2.72. The van der Waals surface area contributed by atoms with Crippen LogP contribution < -0.4 is 0 Å². The van der Waals surface area contributed by atoms with Crippen LogP contribution >= 0.6 is 0 Å². The van der Waals surface area contributed by atoms with Crippen molar-refractivity contribution in [3.05, 3.63) is 71.3 Å². The summed E-state index contributed by atoms with van der Waals surface area (Å²) in [5.74, 6) is -0.444. The van der Waals surface area contributed by atoms with Crippen molar-refractivity contribution in [1.82, 2.24) is 5.06 Å². The number of carbonyl (C=O) groups excluding carboxylic acids is 1. The summed E-state index contributed by atoms with van der Waals surface area (Å²) in [7, 11) is 0. The number of hydroxylamine groups is 2. The molecule has 6 nitrogen and oxygen atoms in total. The van der Waals surface area contributed by atoms with Crippen LogP contribution in [-0.4, -0.2) is 40.0 Å². The van der Waals surface area contributed by atoms with Crippen LogP contribution in [0, 0.1) is 11.3 Å². The van der Waals surface area contributed by atoms with Gasteiger partial charge in [0, 0.05) is 13.2 Å². The number of piperidine rings is 1. The summed E-state index contributed by atoms with van der Waals surface area (Å²) in [6.45, 7) is 0.404. The number of rotatable bonds is 6. The second-order valence-corrected chi connectivity index (χ2v) is 7.14. The fourth-order valence-electron chi connectivity index (χ4n) is 3.58. The van der Waals surface area contributed by atoms with Gasteiger partial charge < -0.3 is 15.1 Å². The normalized spacial score (nSPS) is 22.4. The van der Waals surface area contributed by atoms with E-state index in [0.717, 1.165) is 5.56 Å². The Kier molecular flexibility index (Phi) is 6.42. The van der Waals surface area contributed by atoms with E-state index in [0.29, 0.717) is 43.4 Å². The van der Waals surface area contributed by atoms with Gasteiger partial charge in [-0.05, 0) is 55.5 Å². The molecule has 0 radical (unpaired) electrons. The number of aliphatic hydroxyl groups is 2. The van der Waals surface area contributed by atoms with Gasteiger partial charge in [-0.3, -0.25) is 0 Å². The standard InChI is InChI=1S/C22H24N2O4/c23-16-17-7-9-18(10-8-17)20-15-22(27,11-4-14-25)12-13-24(20)28-21(26)19-5-2-1-3-6-19/h1-3,5-10,20,25,27H,4,11-15H2. The molecule has 146 valence electrons. The van der Waals surface area contributed by atoms with Crippen molar-refractivity contribution in [2.45, 2.75) is 37.3 Å². The second kappa shape index (κ2) is 8.98. The summed E-state index contributed by atoms with van der Waals surface area (Å²) in [5, 5.41) is 30.7. The SMILES string of the molecule is N#Cc1ccc(C2CC(O)(CCCO)CCN2OC(=O)c2ccccc2)cc1. The average molecular weight is 380 g/mol. The van der Waals surface area contributed by atoms with E-state index < -0.39 is 11.6 Å². The van der Waals surface area contributed by atoms with E-state index in [1.165, 1.54) is 0 Å². The van der Waals surface area contributed by atoms with Gasteiger partial charge >= 0.3 is 5.97 Å². The Bertz CT molecular complexity index is 832. The zero-order valence-corrected chi connectivity index (χ0v) is 15.6. The van der Waals surface area contributed by atoms with Gasteiger partial charge in [0.05, 0.1) is 28.8 Å². The summed E-state index contributed by atoms with van der Waals surface area (Å²) < 4.78 is 0. The molecular formula is C22H24N2O4. The van der Waals surface area contributed by atoms with Crippen molar-refractivity contribution < 1.29 is 19.8 Å². The minimum Gasteiger partial charge on any atom is -0.396 e.